The molecule has 0 unspecified atom stereocenters. The lowest BCUT2D eigenvalue weighted by Crippen LogP contribution is -2.53. The lowest BCUT2D eigenvalue weighted by Gasteiger charge is -2.48. The monoisotopic (exact) mass is 590 g/mol. The topological polar surface area (TPSA) is 66.4 Å². The molecular formula is C31H66O6Si2. The van der Waals surface area contributed by atoms with Crippen molar-refractivity contribution in [2.45, 2.75) is 148 Å². The van der Waals surface area contributed by atoms with Gasteiger partial charge in [0.15, 0.2) is 16.6 Å². The van der Waals surface area contributed by atoms with Crippen molar-refractivity contribution in [2.75, 3.05) is 33.7 Å². The van der Waals surface area contributed by atoms with Gasteiger partial charge in [-0.1, -0.05) is 55.4 Å². The van der Waals surface area contributed by atoms with Crippen LogP contribution in [0.4, 0.5) is 0 Å². The predicted molar refractivity (Wildman–Crippen MR) is 168 cm³/mol. The van der Waals surface area contributed by atoms with Crippen molar-refractivity contribution < 1.29 is 28.2 Å². The second-order valence-corrected chi connectivity index (χ2v) is 24.8. The Hall–Kier alpha value is 0.194. The van der Waals surface area contributed by atoms with Crippen LogP contribution in [0.2, 0.25) is 36.3 Å². The third-order valence-corrected chi connectivity index (χ3v) is 18.7. The van der Waals surface area contributed by atoms with E-state index in [0.717, 1.165) is 32.1 Å². The smallest absolute Gasteiger partial charge is 0.192 e. The maximum absolute atomic E-state index is 9.56. The van der Waals surface area contributed by atoms with E-state index in [1.165, 1.54) is 6.42 Å². The molecule has 1 aliphatic carbocycles. The van der Waals surface area contributed by atoms with Gasteiger partial charge in [-0.2, -0.15) is 0 Å². The Labute approximate surface area is 244 Å². The quantitative estimate of drug-likeness (QED) is 0.105. The standard InChI is InChI=1S/C31H66O6Si2/c1-24(22-32)14-16-27(35-23-34-19-18-33-9)25(2)20-26-15-17-28(36-38(10,11)30(3,4)5)29(21-26)37-39(12,13)31(6,7)8/h24-29,32H,14-23H2,1-13H3/t24-,25+,26-,27-,28+,29+/m0/s1. The first-order valence-corrected chi connectivity index (χ1v) is 21.3. The number of aliphatic hydroxyl groups is 1. The fraction of sp³-hybridized carbons (Fsp3) is 1.00. The zero-order valence-electron chi connectivity index (χ0n) is 28.0. The Morgan fingerprint density at radius 2 is 1.38 bits per heavy atom. The van der Waals surface area contributed by atoms with Gasteiger partial charge in [-0.05, 0) is 92.5 Å². The van der Waals surface area contributed by atoms with E-state index in [-0.39, 0.29) is 47.7 Å². The maximum Gasteiger partial charge on any atom is 0.192 e. The molecule has 1 N–H and O–H groups in total. The van der Waals surface area contributed by atoms with E-state index < -0.39 is 16.6 Å². The lowest BCUT2D eigenvalue weighted by atomic mass is 9.78. The van der Waals surface area contributed by atoms with Crippen LogP contribution in [-0.2, 0) is 23.1 Å². The van der Waals surface area contributed by atoms with Crippen molar-refractivity contribution in [3.63, 3.8) is 0 Å². The van der Waals surface area contributed by atoms with E-state index in [2.05, 4.69) is 81.6 Å². The zero-order valence-corrected chi connectivity index (χ0v) is 30.0. The Kier molecular flexibility index (Phi) is 15.4. The second kappa shape index (κ2) is 16.2. The van der Waals surface area contributed by atoms with E-state index in [1.807, 2.05) is 0 Å². The molecule has 0 aromatic carbocycles. The average molecular weight is 591 g/mol. The van der Waals surface area contributed by atoms with Gasteiger partial charge in [-0.3, -0.25) is 0 Å². The first-order valence-electron chi connectivity index (χ1n) is 15.5. The molecule has 6 atom stereocenters. The average Bonchev–Trinajstić information content (AvgIpc) is 2.80. The molecule has 0 aliphatic heterocycles. The van der Waals surface area contributed by atoms with E-state index in [4.69, 9.17) is 23.1 Å². The fourth-order valence-electron chi connectivity index (χ4n) is 4.85. The normalized spacial score (nSPS) is 24.0. The minimum Gasteiger partial charge on any atom is -0.411 e. The fourth-order valence-corrected chi connectivity index (χ4v) is 7.59. The number of hydrogen-bond donors (Lipinski definition) is 1. The number of ether oxygens (including phenoxy) is 3. The summed E-state index contributed by atoms with van der Waals surface area (Å²) in [6, 6.07) is 0. The van der Waals surface area contributed by atoms with Gasteiger partial charge in [0.05, 0.1) is 31.5 Å². The van der Waals surface area contributed by atoms with Crippen LogP contribution >= 0.6 is 0 Å². The minimum atomic E-state index is -1.94. The number of hydrogen-bond acceptors (Lipinski definition) is 6. The largest absolute Gasteiger partial charge is 0.411 e. The van der Waals surface area contributed by atoms with Crippen LogP contribution in [0.15, 0.2) is 0 Å². The van der Waals surface area contributed by atoms with Crippen molar-refractivity contribution in [3.8, 4) is 0 Å². The third-order valence-electron chi connectivity index (χ3n) is 9.74. The molecule has 0 radical (unpaired) electrons. The van der Waals surface area contributed by atoms with Crippen LogP contribution < -0.4 is 0 Å². The van der Waals surface area contributed by atoms with Gasteiger partial charge < -0.3 is 28.2 Å². The lowest BCUT2D eigenvalue weighted by molar-refractivity contribution is -0.118. The Bertz CT molecular complexity index is 673. The molecule has 8 heteroatoms. The van der Waals surface area contributed by atoms with Crippen LogP contribution in [0.5, 0.6) is 0 Å². The van der Waals surface area contributed by atoms with E-state index >= 15 is 0 Å². The molecule has 234 valence electrons. The predicted octanol–water partition coefficient (Wildman–Crippen LogP) is 8.01. The summed E-state index contributed by atoms with van der Waals surface area (Å²) in [6.45, 7) is 29.5. The van der Waals surface area contributed by atoms with Crippen LogP contribution in [-0.4, -0.2) is 73.8 Å². The van der Waals surface area contributed by atoms with E-state index in [9.17, 15) is 5.11 Å². The molecule has 0 aromatic rings. The highest BCUT2D eigenvalue weighted by atomic mass is 28.4. The van der Waals surface area contributed by atoms with Gasteiger partial charge in [0, 0.05) is 13.7 Å². The van der Waals surface area contributed by atoms with Gasteiger partial charge in [-0.15, -0.1) is 0 Å². The van der Waals surface area contributed by atoms with Crippen LogP contribution in [0.3, 0.4) is 0 Å². The molecule has 1 aliphatic rings. The van der Waals surface area contributed by atoms with Gasteiger partial charge in [-0.25, -0.2) is 0 Å². The molecule has 0 amide bonds. The molecule has 0 saturated heterocycles. The van der Waals surface area contributed by atoms with Crippen molar-refractivity contribution in [1.29, 1.82) is 0 Å². The summed E-state index contributed by atoms with van der Waals surface area (Å²) in [7, 11) is -2.17. The van der Waals surface area contributed by atoms with Crippen molar-refractivity contribution in [2.24, 2.45) is 17.8 Å². The highest BCUT2D eigenvalue weighted by molar-refractivity contribution is 6.74. The Morgan fingerprint density at radius 3 is 1.90 bits per heavy atom. The highest BCUT2D eigenvalue weighted by Gasteiger charge is 2.46. The summed E-state index contributed by atoms with van der Waals surface area (Å²) >= 11 is 0. The number of rotatable bonds is 17. The number of aliphatic hydroxyl groups excluding tert-OH is 1. The summed E-state index contributed by atoms with van der Waals surface area (Å²) in [5, 5.41) is 9.90. The second-order valence-electron chi connectivity index (χ2n) is 15.3. The van der Waals surface area contributed by atoms with E-state index in [0.29, 0.717) is 25.0 Å². The van der Waals surface area contributed by atoms with Crippen LogP contribution in [0, 0.1) is 17.8 Å². The summed E-state index contributed by atoms with van der Waals surface area (Å²) < 4.78 is 31.2. The molecule has 1 rings (SSSR count). The van der Waals surface area contributed by atoms with Crippen molar-refractivity contribution in [3.05, 3.63) is 0 Å². The Morgan fingerprint density at radius 1 is 0.821 bits per heavy atom. The first kappa shape index (κ1) is 37.2. The van der Waals surface area contributed by atoms with Crippen LogP contribution in [0.25, 0.3) is 0 Å². The molecule has 0 spiro atoms. The van der Waals surface area contributed by atoms with Crippen LogP contribution in [0.1, 0.15) is 93.9 Å². The molecule has 0 bridgehead atoms. The SMILES string of the molecule is COCCOCO[C@@H](CC[C@H](C)CO)[C@H](C)C[C@@H]1CC[C@@H](O[Si](C)(C)C(C)(C)C)[C@H](O[Si](C)(C)C(C)(C)C)C1. The molecule has 0 heterocycles. The summed E-state index contributed by atoms with van der Waals surface area (Å²) in [5.41, 5.74) is 0. The third kappa shape index (κ3) is 12.5. The van der Waals surface area contributed by atoms with E-state index in [1.54, 1.807) is 7.11 Å². The summed E-state index contributed by atoms with van der Waals surface area (Å²) in [5.74, 6) is 1.27. The first-order chi connectivity index (χ1) is 17.8. The summed E-state index contributed by atoms with van der Waals surface area (Å²) in [6.07, 6.45) is 6.73. The molecule has 0 aromatic heterocycles. The molecule has 1 saturated carbocycles. The molecule has 6 nitrogen and oxygen atoms in total. The number of methoxy groups -OCH3 is 1. The van der Waals surface area contributed by atoms with Crippen molar-refractivity contribution >= 4 is 16.6 Å². The zero-order chi connectivity index (χ0) is 30.1. The molecular weight excluding hydrogens is 525 g/mol. The van der Waals surface area contributed by atoms with Gasteiger partial charge in [0.25, 0.3) is 0 Å². The molecule has 39 heavy (non-hydrogen) atoms. The van der Waals surface area contributed by atoms with Gasteiger partial charge >= 0.3 is 0 Å². The molecule has 1 fully saturated rings. The minimum absolute atomic E-state index is 0.113. The van der Waals surface area contributed by atoms with Gasteiger partial charge in [0.2, 0.25) is 0 Å². The summed E-state index contributed by atoms with van der Waals surface area (Å²) in [4.78, 5) is 0. The maximum atomic E-state index is 9.56. The van der Waals surface area contributed by atoms with Gasteiger partial charge in [0.1, 0.15) is 6.79 Å². The highest BCUT2D eigenvalue weighted by Crippen LogP contribution is 2.44. The van der Waals surface area contributed by atoms with Crippen molar-refractivity contribution in [1.82, 2.24) is 0 Å². The Balaban J connectivity index is 2.99.